The molecule has 2 aromatic heterocycles. The van der Waals surface area contributed by atoms with Crippen LogP contribution in [0.1, 0.15) is 9.67 Å². The van der Waals surface area contributed by atoms with Crippen LogP contribution in [0.2, 0.25) is 0 Å². The van der Waals surface area contributed by atoms with E-state index in [0.29, 0.717) is 4.88 Å². The minimum absolute atomic E-state index is 0.711. The zero-order valence-corrected chi connectivity index (χ0v) is 9.15. The molecular formula is C12H8N2OS. The van der Waals surface area contributed by atoms with Gasteiger partial charge in [0.15, 0.2) is 6.29 Å². The van der Waals surface area contributed by atoms with Crippen molar-refractivity contribution in [2.24, 2.45) is 0 Å². The monoisotopic (exact) mass is 228 g/mol. The highest BCUT2D eigenvalue weighted by atomic mass is 32.1. The fourth-order valence-corrected chi connectivity index (χ4v) is 2.57. The second kappa shape index (κ2) is 3.57. The predicted octanol–water partition coefficient (Wildman–Crippen LogP) is 2.90. The number of hydrogen-bond donors (Lipinski definition) is 0. The predicted molar refractivity (Wildman–Crippen MR) is 64.3 cm³/mol. The van der Waals surface area contributed by atoms with Crippen molar-refractivity contribution in [3.05, 3.63) is 47.6 Å². The lowest BCUT2D eigenvalue weighted by Gasteiger charge is -2.00. The molecule has 0 bridgehead atoms. The van der Waals surface area contributed by atoms with E-state index in [1.807, 2.05) is 41.0 Å². The highest BCUT2D eigenvalue weighted by molar-refractivity contribution is 7.20. The molecule has 0 aliphatic rings. The third-order valence-corrected chi connectivity index (χ3v) is 3.44. The summed E-state index contributed by atoms with van der Waals surface area (Å²) < 4.78 is 1.99. The molecule has 0 amide bonds. The van der Waals surface area contributed by atoms with Crippen LogP contribution in [-0.4, -0.2) is 15.8 Å². The first-order valence-electron chi connectivity index (χ1n) is 4.86. The Morgan fingerprint density at radius 3 is 2.81 bits per heavy atom. The molecule has 0 spiro atoms. The SMILES string of the molecule is O=Cc1cc2ncn(-c3ccccc3)c2s1. The number of thiophene rings is 1. The number of carbonyl (C=O) groups is 1. The summed E-state index contributed by atoms with van der Waals surface area (Å²) in [5, 5.41) is 0. The lowest BCUT2D eigenvalue weighted by molar-refractivity contribution is 0.112. The highest BCUT2D eigenvalue weighted by Crippen LogP contribution is 2.26. The van der Waals surface area contributed by atoms with Crippen molar-refractivity contribution in [1.29, 1.82) is 0 Å². The highest BCUT2D eigenvalue weighted by Gasteiger charge is 2.08. The van der Waals surface area contributed by atoms with E-state index >= 15 is 0 Å². The molecule has 3 nitrogen and oxygen atoms in total. The third-order valence-electron chi connectivity index (χ3n) is 2.39. The van der Waals surface area contributed by atoms with Crippen LogP contribution < -0.4 is 0 Å². The zero-order valence-electron chi connectivity index (χ0n) is 8.33. The Labute approximate surface area is 96.0 Å². The van der Waals surface area contributed by atoms with Gasteiger partial charge in [0.2, 0.25) is 0 Å². The van der Waals surface area contributed by atoms with E-state index in [1.54, 1.807) is 6.33 Å². The first-order valence-corrected chi connectivity index (χ1v) is 5.67. The van der Waals surface area contributed by atoms with Gasteiger partial charge in [-0.2, -0.15) is 0 Å². The van der Waals surface area contributed by atoms with E-state index in [-0.39, 0.29) is 0 Å². The minimum atomic E-state index is 0.711. The fraction of sp³-hybridized carbons (Fsp3) is 0. The number of hydrogen-bond acceptors (Lipinski definition) is 3. The van der Waals surface area contributed by atoms with Crippen LogP contribution in [0.5, 0.6) is 0 Å². The third kappa shape index (κ3) is 1.35. The molecule has 2 heterocycles. The lowest BCUT2D eigenvalue weighted by atomic mass is 10.3. The molecule has 78 valence electrons. The molecule has 3 rings (SSSR count). The van der Waals surface area contributed by atoms with Crippen LogP contribution in [-0.2, 0) is 0 Å². The molecule has 0 saturated carbocycles. The maximum atomic E-state index is 10.7. The molecule has 0 radical (unpaired) electrons. The summed E-state index contributed by atoms with van der Waals surface area (Å²) in [6, 6.07) is 11.8. The van der Waals surface area contributed by atoms with E-state index in [9.17, 15) is 4.79 Å². The quantitative estimate of drug-likeness (QED) is 0.632. The molecule has 0 fully saturated rings. The number of imidazole rings is 1. The standard InChI is InChI=1S/C12H8N2OS/c15-7-10-6-11-12(16-10)14(8-13-11)9-4-2-1-3-5-9/h1-8H. The van der Waals surface area contributed by atoms with Crippen molar-refractivity contribution in [3.8, 4) is 5.69 Å². The van der Waals surface area contributed by atoms with Gasteiger partial charge in [0, 0.05) is 5.69 Å². The first-order chi connectivity index (χ1) is 7.88. The summed E-state index contributed by atoms with van der Waals surface area (Å²) in [7, 11) is 0. The summed E-state index contributed by atoms with van der Waals surface area (Å²) in [4.78, 5) is 16.7. The Bertz CT molecular complexity index is 639. The van der Waals surface area contributed by atoms with E-state index in [1.165, 1.54) is 11.3 Å². The Kier molecular flexibility index (Phi) is 2.08. The van der Waals surface area contributed by atoms with Gasteiger partial charge in [0.05, 0.1) is 4.88 Å². The summed E-state index contributed by atoms with van der Waals surface area (Å²) in [6.45, 7) is 0. The van der Waals surface area contributed by atoms with Gasteiger partial charge < -0.3 is 0 Å². The average Bonchev–Trinajstić information content (AvgIpc) is 2.88. The molecule has 3 aromatic rings. The maximum Gasteiger partial charge on any atom is 0.160 e. The molecule has 0 aliphatic heterocycles. The Morgan fingerprint density at radius 2 is 2.06 bits per heavy atom. The lowest BCUT2D eigenvalue weighted by Crippen LogP contribution is -1.88. The van der Waals surface area contributed by atoms with Gasteiger partial charge in [0.25, 0.3) is 0 Å². The number of aromatic nitrogens is 2. The van der Waals surface area contributed by atoms with E-state index < -0.39 is 0 Å². The van der Waals surface area contributed by atoms with Gasteiger partial charge >= 0.3 is 0 Å². The normalized spacial score (nSPS) is 10.8. The molecule has 0 aliphatic carbocycles. The number of fused-ring (bicyclic) bond motifs is 1. The molecule has 0 unspecified atom stereocenters. The van der Waals surface area contributed by atoms with Gasteiger partial charge in [-0.25, -0.2) is 4.98 Å². The number of benzene rings is 1. The fourth-order valence-electron chi connectivity index (χ4n) is 1.66. The van der Waals surface area contributed by atoms with Crippen molar-refractivity contribution >= 4 is 28.0 Å². The topological polar surface area (TPSA) is 34.9 Å². The number of aldehydes is 1. The zero-order chi connectivity index (χ0) is 11.0. The maximum absolute atomic E-state index is 10.7. The van der Waals surface area contributed by atoms with Gasteiger partial charge in [0.1, 0.15) is 16.7 Å². The van der Waals surface area contributed by atoms with Crippen molar-refractivity contribution < 1.29 is 4.79 Å². The number of para-hydroxylation sites is 1. The van der Waals surface area contributed by atoms with Crippen LogP contribution in [0, 0.1) is 0 Å². The molecule has 4 heteroatoms. The van der Waals surface area contributed by atoms with E-state index in [0.717, 1.165) is 22.3 Å². The number of carbonyl (C=O) groups excluding carboxylic acids is 1. The summed E-state index contributed by atoms with van der Waals surface area (Å²) >= 11 is 1.46. The van der Waals surface area contributed by atoms with Crippen LogP contribution in [0.15, 0.2) is 42.7 Å². The molecule has 16 heavy (non-hydrogen) atoms. The molecule has 0 saturated heterocycles. The number of rotatable bonds is 2. The van der Waals surface area contributed by atoms with E-state index in [4.69, 9.17) is 0 Å². The van der Waals surface area contributed by atoms with Gasteiger partial charge in [-0.3, -0.25) is 9.36 Å². The second-order valence-corrected chi connectivity index (χ2v) is 4.47. The van der Waals surface area contributed by atoms with Crippen molar-refractivity contribution in [3.63, 3.8) is 0 Å². The Hall–Kier alpha value is -1.94. The molecule has 0 N–H and O–H groups in total. The first kappa shape index (κ1) is 9.30. The summed E-state index contributed by atoms with van der Waals surface area (Å²) in [5.41, 5.74) is 1.93. The second-order valence-electron chi connectivity index (χ2n) is 3.41. The largest absolute Gasteiger partial charge is 0.297 e. The Balaban J connectivity index is 2.24. The van der Waals surface area contributed by atoms with Crippen molar-refractivity contribution in [2.75, 3.05) is 0 Å². The van der Waals surface area contributed by atoms with Crippen molar-refractivity contribution in [1.82, 2.24) is 9.55 Å². The van der Waals surface area contributed by atoms with E-state index in [2.05, 4.69) is 4.98 Å². The van der Waals surface area contributed by atoms with Crippen molar-refractivity contribution in [2.45, 2.75) is 0 Å². The van der Waals surface area contributed by atoms with Gasteiger partial charge in [-0.15, -0.1) is 11.3 Å². The van der Waals surface area contributed by atoms with Crippen LogP contribution in [0.4, 0.5) is 0 Å². The van der Waals surface area contributed by atoms with Crippen LogP contribution in [0.25, 0.3) is 16.0 Å². The number of nitrogens with zero attached hydrogens (tertiary/aromatic N) is 2. The molecule has 0 atom stereocenters. The molecule has 1 aromatic carbocycles. The van der Waals surface area contributed by atoms with Crippen LogP contribution >= 0.6 is 11.3 Å². The summed E-state index contributed by atoms with van der Waals surface area (Å²) in [5.74, 6) is 0. The Morgan fingerprint density at radius 1 is 1.25 bits per heavy atom. The smallest absolute Gasteiger partial charge is 0.160 e. The van der Waals surface area contributed by atoms with Gasteiger partial charge in [-0.05, 0) is 18.2 Å². The van der Waals surface area contributed by atoms with Gasteiger partial charge in [-0.1, -0.05) is 18.2 Å². The average molecular weight is 228 g/mol. The van der Waals surface area contributed by atoms with Crippen LogP contribution in [0.3, 0.4) is 0 Å². The summed E-state index contributed by atoms with van der Waals surface area (Å²) in [6.07, 6.45) is 2.65. The molecular weight excluding hydrogens is 220 g/mol. The minimum Gasteiger partial charge on any atom is -0.297 e.